The molecular weight excluding hydrogens is 237 g/mol. The molecule has 2 rings (SSSR count). The SMILES string of the molecule is O=Cc1cnnn1-c1ccc(Cl)c(Cl)c1. The maximum Gasteiger partial charge on any atom is 0.170 e. The van der Waals surface area contributed by atoms with Gasteiger partial charge in [-0.1, -0.05) is 28.4 Å². The second-order valence-electron chi connectivity index (χ2n) is 2.79. The number of nitrogens with zero attached hydrogens (tertiary/aromatic N) is 3. The molecule has 0 fully saturated rings. The summed E-state index contributed by atoms with van der Waals surface area (Å²) in [5.41, 5.74) is 0.998. The quantitative estimate of drug-likeness (QED) is 0.759. The highest BCUT2D eigenvalue weighted by Gasteiger charge is 2.06. The number of carbonyl (C=O) groups excluding carboxylic acids is 1. The van der Waals surface area contributed by atoms with Gasteiger partial charge in [0.2, 0.25) is 0 Å². The van der Waals surface area contributed by atoms with Crippen LogP contribution in [0.2, 0.25) is 10.0 Å². The zero-order valence-corrected chi connectivity index (χ0v) is 8.90. The number of hydrogen-bond donors (Lipinski definition) is 0. The van der Waals surface area contributed by atoms with Crippen LogP contribution < -0.4 is 0 Å². The molecule has 1 aromatic heterocycles. The fraction of sp³-hybridized carbons (Fsp3) is 0. The van der Waals surface area contributed by atoms with E-state index in [0.717, 1.165) is 0 Å². The second kappa shape index (κ2) is 4.00. The van der Waals surface area contributed by atoms with Crippen molar-refractivity contribution in [2.24, 2.45) is 0 Å². The topological polar surface area (TPSA) is 47.8 Å². The Morgan fingerprint density at radius 2 is 2.07 bits per heavy atom. The first-order valence-corrected chi connectivity index (χ1v) is 4.79. The first kappa shape index (κ1) is 10.1. The van der Waals surface area contributed by atoms with Gasteiger partial charge in [0.05, 0.1) is 21.9 Å². The number of carbonyl (C=O) groups is 1. The molecule has 0 amide bonds. The number of rotatable bonds is 2. The average molecular weight is 242 g/mol. The molecule has 0 N–H and O–H groups in total. The van der Waals surface area contributed by atoms with Gasteiger partial charge in [0.1, 0.15) is 5.69 Å². The molecule has 15 heavy (non-hydrogen) atoms. The van der Waals surface area contributed by atoms with Crippen LogP contribution >= 0.6 is 23.2 Å². The normalized spacial score (nSPS) is 10.3. The minimum absolute atomic E-state index is 0.355. The van der Waals surface area contributed by atoms with E-state index in [1.54, 1.807) is 18.2 Å². The molecule has 0 aliphatic heterocycles. The van der Waals surface area contributed by atoms with Gasteiger partial charge in [-0.2, -0.15) is 0 Å². The molecule has 0 saturated heterocycles. The van der Waals surface area contributed by atoms with Crippen LogP contribution in [0.3, 0.4) is 0 Å². The Bertz CT molecular complexity index is 510. The molecule has 0 bridgehead atoms. The van der Waals surface area contributed by atoms with Gasteiger partial charge < -0.3 is 0 Å². The molecule has 0 aliphatic rings. The first-order chi connectivity index (χ1) is 7.22. The monoisotopic (exact) mass is 241 g/mol. The van der Waals surface area contributed by atoms with Gasteiger partial charge in [0, 0.05) is 0 Å². The third kappa shape index (κ3) is 1.86. The third-order valence-corrected chi connectivity index (χ3v) is 2.58. The van der Waals surface area contributed by atoms with Crippen molar-refractivity contribution in [1.29, 1.82) is 0 Å². The highest BCUT2D eigenvalue weighted by molar-refractivity contribution is 6.42. The number of halogens is 2. The summed E-state index contributed by atoms with van der Waals surface area (Å²) in [6.07, 6.45) is 2.04. The van der Waals surface area contributed by atoms with Crippen LogP contribution in [0.1, 0.15) is 10.5 Å². The smallest absolute Gasteiger partial charge is 0.170 e. The Kier molecular flexibility index (Phi) is 2.70. The fourth-order valence-electron chi connectivity index (χ4n) is 1.14. The van der Waals surface area contributed by atoms with Crippen molar-refractivity contribution in [2.45, 2.75) is 0 Å². The molecule has 1 heterocycles. The van der Waals surface area contributed by atoms with Crippen molar-refractivity contribution < 1.29 is 4.79 Å². The molecule has 6 heteroatoms. The minimum Gasteiger partial charge on any atom is -0.296 e. The highest BCUT2D eigenvalue weighted by atomic mass is 35.5. The number of hydrogen-bond acceptors (Lipinski definition) is 3. The molecule has 0 spiro atoms. The van der Waals surface area contributed by atoms with E-state index in [0.29, 0.717) is 27.7 Å². The lowest BCUT2D eigenvalue weighted by Gasteiger charge is -2.03. The van der Waals surface area contributed by atoms with E-state index >= 15 is 0 Å². The van der Waals surface area contributed by atoms with Crippen LogP contribution in [0.15, 0.2) is 24.4 Å². The lowest BCUT2D eigenvalue weighted by atomic mass is 10.3. The van der Waals surface area contributed by atoms with Gasteiger partial charge in [0.25, 0.3) is 0 Å². The van der Waals surface area contributed by atoms with E-state index in [1.807, 2.05) is 0 Å². The minimum atomic E-state index is 0.355. The summed E-state index contributed by atoms with van der Waals surface area (Å²) in [6.45, 7) is 0. The Labute approximate surface area is 95.4 Å². The van der Waals surface area contributed by atoms with Crippen LogP contribution in [0.4, 0.5) is 0 Å². The van der Waals surface area contributed by atoms with Crippen LogP contribution in [-0.2, 0) is 0 Å². The van der Waals surface area contributed by atoms with Gasteiger partial charge in [-0.3, -0.25) is 4.79 Å². The lowest BCUT2D eigenvalue weighted by Crippen LogP contribution is -2.01. The lowest BCUT2D eigenvalue weighted by molar-refractivity contribution is 0.111. The zero-order valence-electron chi connectivity index (χ0n) is 7.39. The van der Waals surface area contributed by atoms with Crippen LogP contribution in [0.25, 0.3) is 5.69 Å². The van der Waals surface area contributed by atoms with Gasteiger partial charge in [-0.25, -0.2) is 4.68 Å². The van der Waals surface area contributed by atoms with Crippen molar-refractivity contribution in [3.05, 3.63) is 40.1 Å². The Morgan fingerprint density at radius 1 is 1.27 bits per heavy atom. The molecule has 2 aromatic rings. The Hall–Kier alpha value is -1.39. The molecule has 0 atom stereocenters. The zero-order chi connectivity index (χ0) is 10.8. The summed E-state index contributed by atoms with van der Waals surface area (Å²) in [5, 5.41) is 8.25. The summed E-state index contributed by atoms with van der Waals surface area (Å²) in [5.74, 6) is 0. The third-order valence-electron chi connectivity index (χ3n) is 1.84. The van der Waals surface area contributed by atoms with Crippen molar-refractivity contribution in [3.63, 3.8) is 0 Å². The summed E-state index contributed by atoms with van der Waals surface area (Å²) < 4.78 is 1.38. The van der Waals surface area contributed by atoms with E-state index in [4.69, 9.17) is 23.2 Å². The number of aldehydes is 1. The van der Waals surface area contributed by atoms with Crippen molar-refractivity contribution >= 4 is 29.5 Å². The summed E-state index contributed by atoms with van der Waals surface area (Å²) >= 11 is 11.6. The van der Waals surface area contributed by atoms with Crippen molar-refractivity contribution in [3.8, 4) is 5.69 Å². The number of aromatic nitrogens is 3. The van der Waals surface area contributed by atoms with E-state index in [9.17, 15) is 4.79 Å². The number of benzene rings is 1. The molecule has 0 saturated carbocycles. The van der Waals surface area contributed by atoms with Gasteiger partial charge >= 0.3 is 0 Å². The predicted molar refractivity (Wildman–Crippen MR) is 56.8 cm³/mol. The van der Waals surface area contributed by atoms with E-state index in [1.165, 1.54) is 10.9 Å². The molecule has 76 valence electrons. The molecule has 1 aromatic carbocycles. The molecular formula is C9H5Cl2N3O. The Balaban J connectivity index is 2.54. The van der Waals surface area contributed by atoms with Crippen LogP contribution in [0, 0.1) is 0 Å². The summed E-state index contributed by atoms with van der Waals surface area (Å²) in [7, 11) is 0. The summed E-state index contributed by atoms with van der Waals surface area (Å²) in [4.78, 5) is 10.7. The van der Waals surface area contributed by atoms with Gasteiger partial charge in [-0.15, -0.1) is 5.10 Å². The molecule has 0 aliphatic carbocycles. The second-order valence-corrected chi connectivity index (χ2v) is 3.60. The maximum absolute atomic E-state index is 10.7. The Morgan fingerprint density at radius 3 is 2.73 bits per heavy atom. The first-order valence-electron chi connectivity index (χ1n) is 4.03. The van der Waals surface area contributed by atoms with Crippen molar-refractivity contribution in [1.82, 2.24) is 15.0 Å². The van der Waals surface area contributed by atoms with Crippen LogP contribution in [0.5, 0.6) is 0 Å². The molecule has 4 nitrogen and oxygen atoms in total. The average Bonchev–Trinajstić information content (AvgIpc) is 2.70. The van der Waals surface area contributed by atoms with Gasteiger partial charge in [-0.05, 0) is 18.2 Å². The molecule has 0 unspecified atom stereocenters. The van der Waals surface area contributed by atoms with Crippen molar-refractivity contribution in [2.75, 3.05) is 0 Å². The maximum atomic E-state index is 10.7. The van der Waals surface area contributed by atoms with E-state index < -0.39 is 0 Å². The fourth-order valence-corrected chi connectivity index (χ4v) is 1.43. The van der Waals surface area contributed by atoms with Crippen LogP contribution in [-0.4, -0.2) is 21.3 Å². The highest BCUT2D eigenvalue weighted by Crippen LogP contribution is 2.24. The standard InChI is InChI=1S/C9H5Cl2N3O/c10-8-2-1-6(3-9(8)11)14-7(5-15)4-12-13-14/h1-5H. The van der Waals surface area contributed by atoms with E-state index in [-0.39, 0.29) is 0 Å². The largest absolute Gasteiger partial charge is 0.296 e. The molecule has 0 radical (unpaired) electrons. The van der Waals surface area contributed by atoms with E-state index in [2.05, 4.69) is 10.3 Å². The summed E-state index contributed by atoms with van der Waals surface area (Å²) in [6, 6.07) is 4.96. The van der Waals surface area contributed by atoms with Gasteiger partial charge in [0.15, 0.2) is 6.29 Å². The predicted octanol–water partition coefficient (Wildman–Crippen LogP) is 2.39.